The first-order chi connectivity index (χ1) is 15.5. The quantitative estimate of drug-likeness (QED) is 0.444. The molecule has 4 rings (SSSR count). The molecule has 32 heavy (non-hydrogen) atoms. The Kier molecular flexibility index (Phi) is 6.24. The summed E-state index contributed by atoms with van der Waals surface area (Å²) in [6.45, 7) is 4.63. The average molecular weight is 451 g/mol. The molecule has 1 amide bonds. The second-order valence-corrected chi connectivity index (χ2v) is 8.03. The lowest BCUT2D eigenvalue weighted by Gasteiger charge is -2.10. The van der Waals surface area contributed by atoms with E-state index in [1.165, 1.54) is 6.20 Å². The van der Waals surface area contributed by atoms with E-state index in [1.807, 2.05) is 20.0 Å². The summed E-state index contributed by atoms with van der Waals surface area (Å²) in [6.07, 6.45) is 5.79. The number of fused-ring (bicyclic) bond motifs is 1. The number of aryl methyl sites for hydroxylation is 2. The van der Waals surface area contributed by atoms with Gasteiger partial charge in [-0.05, 0) is 49.7 Å². The fourth-order valence-corrected chi connectivity index (χ4v) is 3.48. The van der Waals surface area contributed by atoms with Crippen LogP contribution in [-0.4, -0.2) is 29.9 Å². The Morgan fingerprint density at radius 2 is 1.94 bits per heavy atom. The van der Waals surface area contributed by atoms with Crippen molar-refractivity contribution in [1.82, 2.24) is 19.7 Å². The molecule has 1 atom stereocenters. The van der Waals surface area contributed by atoms with Gasteiger partial charge in [-0.3, -0.25) is 14.5 Å². The monoisotopic (exact) mass is 450 g/mol. The van der Waals surface area contributed by atoms with Gasteiger partial charge in [0.2, 0.25) is 0 Å². The lowest BCUT2D eigenvalue weighted by atomic mass is 10.1. The summed E-state index contributed by atoms with van der Waals surface area (Å²) in [5, 5.41) is 13.4. The van der Waals surface area contributed by atoms with Crippen LogP contribution in [0.1, 0.15) is 29.9 Å². The molecule has 0 fully saturated rings. The molecule has 0 saturated heterocycles. The van der Waals surface area contributed by atoms with Crippen molar-refractivity contribution < 1.29 is 13.7 Å². The molecule has 2 aromatic heterocycles. The van der Waals surface area contributed by atoms with Crippen molar-refractivity contribution in [3.05, 3.63) is 66.2 Å². The summed E-state index contributed by atoms with van der Waals surface area (Å²) in [5.41, 5.74) is 1.84. The number of amides is 1. The van der Waals surface area contributed by atoms with Crippen molar-refractivity contribution in [2.24, 2.45) is 5.14 Å². The summed E-state index contributed by atoms with van der Waals surface area (Å²) >= 11 is 0. The number of nitrogens with one attached hydrogen (secondary N) is 1. The van der Waals surface area contributed by atoms with Gasteiger partial charge >= 0.3 is 0 Å². The summed E-state index contributed by atoms with van der Waals surface area (Å²) in [4.78, 5) is 21.9. The third kappa shape index (κ3) is 4.66. The van der Waals surface area contributed by atoms with Crippen LogP contribution in [0, 0.1) is 0 Å². The normalized spacial score (nSPS) is 12.0. The minimum Gasteiger partial charge on any atom is -0.457 e. The van der Waals surface area contributed by atoms with Crippen LogP contribution >= 0.6 is 0 Å². The molecule has 0 saturated carbocycles. The molecule has 2 heterocycles. The Hall–Kier alpha value is -3.63. The van der Waals surface area contributed by atoms with Crippen LogP contribution in [0.4, 0.5) is 5.82 Å². The van der Waals surface area contributed by atoms with Crippen LogP contribution in [0.3, 0.4) is 0 Å². The number of benzene rings is 2. The topological polar surface area (TPSA) is 125 Å². The largest absolute Gasteiger partial charge is 0.457 e. The minimum absolute atomic E-state index is 0.352. The smallest absolute Gasteiger partial charge is 0.257 e. The van der Waals surface area contributed by atoms with Crippen molar-refractivity contribution in [2.75, 3.05) is 5.32 Å². The van der Waals surface area contributed by atoms with Gasteiger partial charge in [0.15, 0.2) is 5.82 Å². The summed E-state index contributed by atoms with van der Waals surface area (Å²) in [5.74, 6) is 0.999. The molecule has 1 unspecified atom stereocenters. The van der Waals surface area contributed by atoms with E-state index in [1.54, 1.807) is 47.3 Å². The zero-order chi connectivity index (χ0) is 22.7. The summed E-state index contributed by atoms with van der Waals surface area (Å²) < 4.78 is 19.2. The Balaban J connectivity index is 1.67. The second kappa shape index (κ2) is 9.25. The van der Waals surface area contributed by atoms with Crippen LogP contribution in [0.25, 0.3) is 10.9 Å². The maximum atomic E-state index is 12.9. The van der Waals surface area contributed by atoms with E-state index in [0.29, 0.717) is 39.8 Å². The van der Waals surface area contributed by atoms with Gasteiger partial charge in [-0.15, -0.1) is 0 Å². The highest BCUT2D eigenvalue weighted by atomic mass is 32.2. The minimum atomic E-state index is -1.57. The van der Waals surface area contributed by atoms with Gasteiger partial charge in [0.05, 0.1) is 33.9 Å². The first kappa shape index (κ1) is 21.6. The highest BCUT2D eigenvalue weighted by Gasteiger charge is 2.16. The first-order valence-corrected chi connectivity index (χ1v) is 11.3. The molecule has 9 nitrogen and oxygen atoms in total. The van der Waals surface area contributed by atoms with E-state index in [4.69, 9.17) is 9.88 Å². The number of aromatic nitrogens is 4. The molecule has 164 valence electrons. The maximum absolute atomic E-state index is 12.9. The Morgan fingerprint density at radius 3 is 2.56 bits per heavy atom. The van der Waals surface area contributed by atoms with Crippen LogP contribution in [-0.2, 0) is 24.0 Å². The van der Waals surface area contributed by atoms with Gasteiger partial charge in [-0.25, -0.2) is 14.3 Å². The van der Waals surface area contributed by atoms with Gasteiger partial charge in [-0.1, -0.05) is 6.92 Å². The molecule has 0 aliphatic rings. The van der Waals surface area contributed by atoms with Gasteiger partial charge < -0.3 is 10.1 Å². The first-order valence-electron chi connectivity index (χ1n) is 10.0. The number of rotatable bonds is 7. The van der Waals surface area contributed by atoms with Crippen LogP contribution in [0.2, 0.25) is 0 Å². The van der Waals surface area contributed by atoms with Gasteiger partial charge in [0.1, 0.15) is 22.5 Å². The fraction of sp³-hybridized carbons (Fsp3) is 0.182. The number of carbonyl (C=O) groups is 1. The van der Waals surface area contributed by atoms with Crippen molar-refractivity contribution in [3.8, 4) is 11.5 Å². The van der Waals surface area contributed by atoms with E-state index in [0.717, 1.165) is 17.5 Å². The van der Waals surface area contributed by atoms with Gasteiger partial charge in [-0.2, -0.15) is 5.10 Å². The average Bonchev–Trinajstić information content (AvgIpc) is 3.23. The van der Waals surface area contributed by atoms with Gasteiger partial charge in [0.25, 0.3) is 5.91 Å². The van der Waals surface area contributed by atoms with Crippen molar-refractivity contribution in [2.45, 2.75) is 31.7 Å². The molecular weight excluding hydrogens is 428 g/mol. The highest BCUT2D eigenvalue weighted by molar-refractivity contribution is 7.82. The lowest BCUT2D eigenvalue weighted by Crippen LogP contribution is -2.13. The van der Waals surface area contributed by atoms with Crippen LogP contribution in [0.5, 0.6) is 11.5 Å². The Morgan fingerprint density at radius 1 is 1.16 bits per heavy atom. The number of carbonyl (C=O) groups excluding carboxylic acids is 1. The third-order valence-corrected chi connectivity index (χ3v) is 5.55. The summed E-state index contributed by atoms with van der Waals surface area (Å²) in [6, 6.07) is 9.97. The van der Waals surface area contributed by atoms with Crippen molar-refractivity contribution in [1.29, 1.82) is 0 Å². The molecule has 10 heteroatoms. The number of nitrogens with zero attached hydrogens (tertiary/aromatic N) is 4. The lowest BCUT2D eigenvalue weighted by molar-refractivity contribution is 0.102. The molecule has 0 spiro atoms. The molecule has 0 bridgehead atoms. The molecule has 0 radical (unpaired) electrons. The molecule has 0 aliphatic heterocycles. The maximum Gasteiger partial charge on any atom is 0.257 e. The molecule has 0 aliphatic carbocycles. The molecule has 4 aromatic rings. The molecule has 2 aromatic carbocycles. The SMILES string of the molecule is CCc1cnc(NC(=O)c2cc(Oc3ccc(S(N)=O)cc3)c3cn(CC)nc3c2)cn1. The molecular formula is C22H22N6O3S. The van der Waals surface area contributed by atoms with E-state index < -0.39 is 11.0 Å². The van der Waals surface area contributed by atoms with Crippen LogP contribution in [0.15, 0.2) is 59.9 Å². The predicted molar refractivity (Wildman–Crippen MR) is 122 cm³/mol. The van der Waals surface area contributed by atoms with Crippen molar-refractivity contribution in [3.63, 3.8) is 0 Å². The number of hydrogen-bond donors (Lipinski definition) is 2. The Bertz CT molecular complexity index is 1290. The zero-order valence-corrected chi connectivity index (χ0v) is 18.4. The van der Waals surface area contributed by atoms with Gasteiger partial charge in [0, 0.05) is 18.3 Å². The van der Waals surface area contributed by atoms with E-state index in [-0.39, 0.29) is 5.91 Å². The number of ether oxygens (including phenoxy) is 1. The number of nitrogens with two attached hydrogens (primary N) is 1. The fourth-order valence-electron chi connectivity index (χ4n) is 3.08. The third-order valence-electron chi connectivity index (χ3n) is 4.81. The highest BCUT2D eigenvalue weighted by Crippen LogP contribution is 2.32. The number of hydrogen-bond acceptors (Lipinski definition) is 6. The Labute approximate surface area is 187 Å². The zero-order valence-electron chi connectivity index (χ0n) is 17.6. The number of anilines is 1. The predicted octanol–water partition coefficient (Wildman–Crippen LogP) is 3.43. The van der Waals surface area contributed by atoms with E-state index in [2.05, 4.69) is 20.4 Å². The summed E-state index contributed by atoms with van der Waals surface area (Å²) in [7, 11) is -1.57. The van der Waals surface area contributed by atoms with E-state index in [9.17, 15) is 9.00 Å². The standard InChI is InChI=1S/C22H22N6O3S/c1-3-15-11-25-21(12-24-15)26-22(29)14-9-19-18(13-28(4-2)27-19)20(10-14)31-16-5-7-17(8-6-16)32(23)30/h5-13H,3-4,23H2,1-2H3,(H,25,26,29). The molecule has 3 N–H and O–H groups in total. The van der Waals surface area contributed by atoms with E-state index >= 15 is 0 Å². The second-order valence-electron chi connectivity index (χ2n) is 6.96. The van der Waals surface area contributed by atoms with Crippen LogP contribution < -0.4 is 15.2 Å². The van der Waals surface area contributed by atoms with Crippen molar-refractivity contribution >= 4 is 33.6 Å².